The maximum Gasteiger partial charge on any atom is 0.169 e. The summed E-state index contributed by atoms with van der Waals surface area (Å²) < 4.78 is 2.07. The van der Waals surface area contributed by atoms with Gasteiger partial charge in [0.25, 0.3) is 0 Å². The van der Waals surface area contributed by atoms with Gasteiger partial charge in [-0.1, -0.05) is 71.6 Å². The van der Waals surface area contributed by atoms with E-state index in [-0.39, 0.29) is 0 Å². The van der Waals surface area contributed by atoms with E-state index in [9.17, 15) is 0 Å². The zero-order valence-corrected chi connectivity index (χ0v) is 14.4. The summed E-state index contributed by atoms with van der Waals surface area (Å²) in [7, 11) is 0. The topological polar surface area (TPSA) is 54.8 Å². The number of aromatic nitrogens is 3. The first kappa shape index (κ1) is 17.3. The Bertz CT molecular complexity index is 415. The first-order valence-corrected chi connectivity index (χ1v) is 9.29. The van der Waals surface area contributed by atoms with Crippen molar-refractivity contribution < 1.29 is 0 Å². The molecule has 0 saturated heterocycles. The maximum atomic E-state index is 4.46. The van der Waals surface area contributed by atoms with Crippen LogP contribution in [0.25, 0.3) is 0 Å². The highest BCUT2D eigenvalue weighted by molar-refractivity contribution is 5.07. The van der Waals surface area contributed by atoms with E-state index >= 15 is 0 Å². The SMILES string of the molecule is CCCCCCCC(CCCCCC)c1nnc2n1NNC2. The Morgan fingerprint density at radius 2 is 1.55 bits per heavy atom. The van der Waals surface area contributed by atoms with E-state index in [1.165, 1.54) is 70.6 Å². The summed E-state index contributed by atoms with van der Waals surface area (Å²) in [5, 5.41) is 8.77. The Labute approximate surface area is 135 Å². The van der Waals surface area contributed by atoms with E-state index < -0.39 is 0 Å². The molecule has 126 valence electrons. The highest BCUT2D eigenvalue weighted by Crippen LogP contribution is 2.28. The van der Waals surface area contributed by atoms with Crippen LogP contribution in [0.1, 0.15) is 102 Å². The quantitative estimate of drug-likeness (QED) is 0.567. The smallest absolute Gasteiger partial charge is 0.169 e. The van der Waals surface area contributed by atoms with Crippen molar-refractivity contribution in [2.24, 2.45) is 0 Å². The fourth-order valence-electron chi connectivity index (χ4n) is 3.24. The highest BCUT2D eigenvalue weighted by Gasteiger charge is 2.23. The summed E-state index contributed by atoms with van der Waals surface area (Å²) in [6.07, 6.45) is 14.5. The Balaban J connectivity index is 1.86. The van der Waals surface area contributed by atoms with Gasteiger partial charge in [-0.3, -0.25) is 5.53 Å². The molecule has 1 aliphatic heterocycles. The molecular weight excluding hydrogens is 274 g/mol. The van der Waals surface area contributed by atoms with E-state index in [0.29, 0.717) is 5.92 Å². The molecule has 1 aromatic rings. The van der Waals surface area contributed by atoms with Crippen LogP contribution in [-0.2, 0) is 6.54 Å². The van der Waals surface area contributed by atoms with Crippen LogP contribution in [0.2, 0.25) is 0 Å². The fraction of sp³-hybridized carbons (Fsp3) is 0.882. The molecular formula is C17H33N5. The highest BCUT2D eigenvalue weighted by atomic mass is 15.7. The Morgan fingerprint density at radius 3 is 2.23 bits per heavy atom. The number of hydrazine groups is 1. The summed E-state index contributed by atoms with van der Waals surface area (Å²) in [6, 6.07) is 0. The number of hydrogen-bond donors (Lipinski definition) is 2. The van der Waals surface area contributed by atoms with Crippen molar-refractivity contribution in [1.29, 1.82) is 0 Å². The Hall–Kier alpha value is -1.10. The molecule has 0 aliphatic carbocycles. The number of hydrogen-bond acceptors (Lipinski definition) is 4. The normalized spacial score (nSPS) is 14.8. The van der Waals surface area contributed by atoms with E-state index in [1.54, 1.807) is 0 Å². The van der Waals surface area contributed by atoms with Crippen LogP contribution in [0, 0.1) is 0 Å². The number of rotatable bonds is 12. The van der Waals surface area contributed by atoms with Gasteiger partial charge in [-0.05, 0) is 12.8 Å². The summed E-state index contributed by atoms with van der Waals surface area (Å²) in [5.41, 5.74) is 6.32. The predicted octanol–water partition coefficient (Wildman–Crippen LogP) is 4.25. The van der Waals surface area contributed by atoms with Crippen LogP contribution in [0.4, 0.5) is 0 Å². The first-order chi connectivity index (χ1) is 10.9. The van der Waals surface area contributed by atoms with Gasteiger partial charge >= 0.3 is 0 Å². The van der Waals surface area contributed by atoms with Crippen LogP contribution in [-0.4, -0.2) is 14.9 Å². The lowest BCUT2D eigenvalue weighted by Gasteiger charge is -2.17. The van der Waals surface area contributed by atoms with Crippen LogP contribution in [0.5, 0.6) is 0 Å². The third-order valence-electron chi connectivity index (χ3n) is 4.62. The first-order valence-electron chi connectivity index (χ1n) is 9.29. The average Bonchev–Trinajstić information content (AvgIpc) is 3.12. The third kappa shape index (κ3) is 4.97. The molecule has 0 bridgehead atoms. The van der Waals surface area contributed by atoms with Gasteiger partial charge in [0.2, 0.25) is 0 Å². The lowest BCUT2D eigenvalue weighted by atomic mass is 9.93. The third-order valence-corrected chi connectivity index (χ3v) is 4.62. The lowest BCUT2D eigenvalue weighted by molar-refractivity contribution is 0.467. The van der Waals surface area contributed by atoms with Gasteiger partial charge < -0.3 is 0 Å². The van der Waals surface area contributed by atoms with Crippen molar-refractivity contribution in [1.82, 2.24) is 20.3 Å². The van der Waals surface area contributed by atoms with Gasteiger partial charge in [0.1, 0.15) is 0 Å². The van der Waals surface area contributed by atoms with E-state index in [4.69, 9.17) is 0 Å². The maximum absolute atomic E-state index is 4.46. The molecule has 1 atom stereocenters. The molecule has 0 saturated carbocycles. The van der Waals surface area contributed by atoms with E-state index in [0.717, 1.165) is 18.2 Å². The molecule has 22 heavy (non-hydrogen) atoms. The molecule has 0 amide bonds. The standard InChI is InChI=1S/C17H33N5/c1-3-5-7-9-11-13-15(12-10-8-6-4-2)17-20-19-16-14-18-21-22(16)17/h15,18,21H,3-14H2,1-2H3. The molecule has 2 rings (SSSR count). The molecule has 2 N–H and O–H groups in total. The zero-order valence-electron chi connectivity index (χ0n) is 14.4. The average molecular weight is 307 g/mol. The molecule has 0 aromatic carbocycles. The lowest BCUT2D eigenvalue weighted by Crippen LogP contribution is -2.23. The Kier molecular flexibility index (Phi) is 7.71. The molecule has 5 nitrogen and oxygen atoms in total. The van der Waals surface area contributed by atoms with Gasteiger partial charge in [-0.25, -0.2) is 10.1 Å². The van der Waals surface area contributed by atoms with E-state index in [2.05, 4.69) is 39.7 Å². The van der Waals surface area contributed by atoms with E-state index in [1.807, 2.05) is 0 Å². The summed E-state index contributed by atoms with van der Waals surface area (Å²) in [5.74, 6) is 2.69. The second-order valence-corrected chi connectivity index (χ2v) is 6.52. The second kappa shape index (κ2) is 9.82. The van der Waals surface area contributed by atoms with Crippen LogP contribution in [0.3, 0.4) is 0 Å². The van der Waals surface area contributed by atoms with Crippen LogP contribution in [0.15, 0.2) is 0 Å². The molecule has 0 radical (unpaired) electrons. The fourth-order valence-corrected chi connectivity index (χ4v) is 3.24. The second-order valence-electron chi connectivity index (χ2n) is 6.52. The molecule has 1 aliphatic rings. The molecule has 1 unspecified atom stereocenters. The van der Waals surface area contributed by atoms with Crippen molar-refractivity contribution in [3.05, 3.63) is 11.6 Å². The van der Waals surface area contributed by atoms with Crippen molar-refractivity contribution in [2.45, 2.75) is 96.9 Å². The van der Waals surface area contributed by atoms with Gasteiger partial charge in [-0.2, -0.15) is 0 Å². The van der Waals surface area contributed by atoms with Gasteiger partial charge in [0, 0.05) is 5.92 Å². The van der Waals surface area contributed by atoms with Gasteiger partial charge in [0.15, 0.2) is 11.6 Å². The minimum absolute atomic E-state index is 0.548. The van der Waals surface area contributed by atoms with Crippen molar-refractivity contribution in [2.75, 3.05) is 5.53 Å². The minimum atomic E-state index is 0.548. The van der Waals surface area contributed by atoms with Crippen LogP contribution >= 0.6 is 0 Å². The van der Waals surface area contributed by atoms with Crippen LogP contribution < -0.4 is 11.0 Å². The van der Waals surface area contributed by atoms with Crippen molar-refractivity contribution in [3.63, 3.8) is 0 Å². The zero-order chi connectivity index (χ0) is 15.6. The summed E-state index contributed by atoms with van der Waals surface area (Å²) in [4.78, 5) is 0. The summed E-state index contributed by atoms with van der Waals surface area (Å²) >= 11 is 0. The van der Waals surface area contributed by atoms with Crippen molar-refractivity contribution in [3.8, 4) is 0 Å². The molecule has 1 aromatic heterocycles. The van der Waals surface area contributed by atoms with Gasteiger partial charge in [0.05, 0.1) is 6.54 Å². The monoisotopic (exact) mass is 307 g/mol. The number of nitrogens with one attached hydrogen (secondary N) is 2. The molecule has 5 heteroatoms. The Morgan fingerprint density at radius 1 is 0.909 bits per heavy atom. The molecule has 0 spiro atoms. The summed E-state index contributed by atoms with van der Waals surface area (Å²) in [6.45, 7) is 5.31. The molecule has 0 fully saturated rings. The molecule has 2 heterocycles. The number of fused-ring (bicyclic) bond motifs is 1. The predicted molar refractivity (Wildman–Crippen MR) is 91.1 cm³/mol. The minimum Gasteiger partial charge on any atom is -0.256 e. The number of unbranched alkanes of at least 4 members (excludes halogenated alkanes) is 7. The largest absolute Gasteiger partial charge is 0.256 e. The number of nitrogens with zero attached hydrogens (tertiary/aromatic N) is 3. The van der Waals surface area contributed by atoms with Crippen molar-refractivity contribution >= 4 is 0 Å². The van der Waals surface area contributed by atoms with Gasteiger partial charge in [-0.15, -0.1) is 10.2 Å².